The van der Waals surface area contributed by atoms with Crippen LogP contribution in [0.15, 0.2) is 47.4 Å². The Bertz CT molecular complexity index is 1070. The fourth-order valence-electron chi connectivity index (χ4n) is 4.69. The number of ether oxygens (including phenoxy) is 1. The number of benzene rings is 2. The largest absolute Gasteiger partial charge is 0.494 e. The van der Waals surface area contributed by atoms with Crippen molar-refractivity contribution in [2.45, 2.75) is 51.0 Å². The molecule has 0 aromatic heterocycles. The summed E-state index contributed by atoms with van der Waals surface area (Å²) in [6, 6.07) is 13.2. The second-order valence-electron chi connectivity index (χ2n) is 8.43. The first-order valence-corrected chi connectivity index (χ1v) is 12.4. The summed E-state index contributed by atoms with van der Waals surface area (Å²) >= 11 is 0. The number of aryl methyl sites for hydroxylation is 1. The molecule has 0 radical (unpaired) electrons. The summed E-state index contributed by atoms with van der Waals surface area (Å²) < 4.78 is 33.3. The highest BCUT2D eigenvalue weighted by Crippen LogP contribution is 2.35. The Morgan fingerprint density at radius 2 is 1.84 bits per heavy atom. The number of rotatable bonds is 5. The van der Waals surface area contributed by atoms with Gasteiger partial charge in [-0.15, -0.1) is 0 Å². The van der Waals surface area contributed by atoms with Crippen LogP contribution in [0.5, 0.6) is 5.75 Å². The van der Waals surface area contributed by atoms with E-state index in [0.29, 0.717) is 38.3 Å². The first-order valence-electron chi connectivity index (χ1n) is 11.0. The maximum atomic E-state index is 13.3. The fraction of sp³-hybridized carbons (Fsp3) is 0.458. The number of amides is 1. The molecule has 7 heteroatoms. The first-order chi connectivity index (χ1) is 14.8. The number of anilines is 1. The van der Waals surface area contributed by atoms with Crippen molar-refractivity contribution in [3.8, 4) is 5.75 Å². The van der Waals surface area contributed by atoms with Gasteiger partial charge in [0.15, 0.2) is 0 Å². The van der Waals surface area contributed by atoms with Crippen LogP contribution in [0.1, 0.15) is 37.8 Å². The van der Waals surface area contributed by atoms with E-state index in [9.17, 15) is 13.2 Å². The van der Waals surface area contributed by atoms with Gasteiger partial charge in [0, 0.05) is 30.7 Å². The highest BCUT2D eigenvalue weighted by Gasteiger charge is 2.38. The van der Waals surface area contributed by atoms with Gasteiger partial charge in [0.05, 0.1) is 11.5 Å². The van der Waals surface area contributed by atoms with E-state index in [1.807, 2.05) is 36.9 Å². The third-order valence-electron chi connectivity index (χ3n) is 6.33. The molecule has 1 fully saturated rings. The van der Waals surface area contributed by atoms with Crippen molar-refractivity contribution in [1.29, 1.82) is 0 Å². The van der Waals surface area contributed by atoms with Gasteiger partial charge in [0.25, 0.3) is 0 Å². The SMILES string of the molecule is CCOc1ccc(S(=O)(=O)N2CCC(C(=O)N3c4ccccc4C[C@@H]3C)CC2)cc1C. The number of hydrogen-bond acceptors (Lipinski definition) is 4. The number of fused-ring (bicyclic) bond motifs is 1. The zero-order chi connectivity index (χ0) is 22.2. The molecule has 0 spiro atoms. The molecule has 6 nitrogen and oxygen atoms in total. The Labute approximate surface area is 184 Å². The van der Waals surface area contributed by atoms with Crippen LogP contribution in [0.2, 0.25) is 0 Å². The van der Waals surface area contributed by atoms with Crippen LogP contribution < -0.4 is 9.64 Å². The first kappa shape index (κ1) is 21.8. The summed E-state index contributed by atoms with van der Waals surface area (Å²) in [5, 5.41) is 0. The van der Waals surface area contributed by atoms with E-state index < -0.39 is 10.0 Å². The molecule has 0 N–H and O–H groups in total. The summed E-state index contributed by atoms with van der Waals surface area (Å²) in [6.45, 7) is 7.07. The maximum absolute atomic E-state index is 13.3. The highest BCUT2D eigenvalue weighted by atomic mass is 32.2. The predicted octanol–water partition coefficient (Wildman–Crippen LogP) is 3.77. The van der Waals surface area contributed by atoms with Gasteiger partial charge in [0.1, 0.15) is 5.75 Å². The predicted molar refractivity (Wildman–Crippen MR) is 121 cm³/mol. The molecule has 2 aromatic rings. The molecule has 2 aromatic carbocycles. The number of sulfonamides is 1. The van der Waals surface area contributed by atoms with E-state index in [1.54, 1.807) is 18.2 Å². The number of carbonyl (C=O) groups is 1. The van der Waals surface area contributed by atoms with Gasteiger partial charge in [-0.1, -0.05) is 18.2 Å². The molecule has 2 aliphatic rings. The lowest BCUT2D eigenvalue weighted by Gasteiger charge is -2.34. The van der Waals surface area contributed by atoms with Gasteiger partial charge in [-0.3, -0.25) is 4.79 Å². The zero-order valence-electron chi connectivity index (χ0n) is 18.4. The van der Waals surface area contributed by atoms with E-state index >= 15 is 0 Å². The Morgan fingerprint density at radius 1 is 1.13 bits per heavy atom. The number of carbonyl (C=O) groups excluding carboxylic acids is 1. The van der Waals surface area contributed by atoms with Gasteiger partial charge >= 0.3 is 0 Å². The molecule has 4 rings (SSSR count). The van der Waals surface area contributed by atoms with Gasteiger partial charge < -0.3 is 9.64 Å². The molecule has 0 bridgehead atoms. The summed E-state index contributed by atoms with van der Waals surface area (Å²) in [7, 11) is -3.59. The minimum atomic E-state index is -3.59. The fourth-order valence-corrected chi connectivity index (χ4v) is 6.25. The average Bonchev–Trinajstić information content (AvgIpc) is 3.10. The Morgan fingerprint density at radius 3 is 2.52 bits per heavy atom. The van der Waals surface area contributed by atoms with Crippen LogP contribution in [0.25, 0.3) is 0 Å². The topological polar surface area (TPSA) is 66.9 Å². The van der Waals surface area contributed by atoms with Crippen LogP contribution in [0.4, 0.5) is 5.69 Å². The molecular weight excluding hydrogens is 412 g/mol. The minimum absolute atomic E-state index is 0.117. The highest BCUT2D eigenvalue weighted by molar-refractivity contribution is 7.89. The molecule has 2 aliphatic heterocycles. The third-order valence-corrected chi connectivity index (χ3v) is 8.23. The van der Waals surface area contributed by atoms with Crippen molar-refractivity contribution in [1.82, 2.24) is 4.31 Å². The van der Waals surface area contributed by atoms with Crippen LogP contribution in [0.3, 0.4) is 0 Å². The van der Waals surface area contributed by atoms with E-state index in [2.05, 4.69) is 13.0 Å². The molecule has 0 aliphatic carbocycles. The van der Waals surface area contributed by atoms with Crippen molar-refractivity contribution in [3.05, 3.63) is 53.6 Å². The standard InChI is InChI=1S/C24H30N2O4S/c1-4-30-23-10-9-21(15-17(23)2)31(28,29)25-13-11-19(12-14-25)24(27)26-18(3)16-20-7-5-6-8-22(20)26/h5-10,15,18-19H,4,11-14,16H2,1-3H3/t18-/m0/s1. The van der Waals surface area contributed by atoms with Crippen molar-refractivity contribution in [2.24, 2.45) is 5.92 Å². The molecule has 1 atom stereocenters. The van der Waals surface area contributed by atoms with Crippen molar-refractivity contribution < 1.29 is 17.9 Å². The lowest BCUT2D eigenvalue weighted by atomic mass is 9.96. The van der Waals surface area contributed by atoms with Gasteiger partial charge in [-0.2, -0.15) is 4.31 Å². The molecule has 2 heterocycles. The average molecular weight is 443 g/mol. The number of nitrogens with zero attached hydrogens (tertiary/aromatic N) is 2. The Hall–Kier alpha value is -2.38. The third kappa shape index (κ3) is 4.08. The van der Waals surface area contributed by atoms with Gasteiger partial charge in [-0.05, 0) is 75.4 Å². The van der Waals surface area contributed by atoms with Crippen molar-refractivity contribution in [3.63, 3.8) is 0 Å². The summed E-state index contributed by atoms with van der Waals surface area (Å²) in [4.78, 5) is 15.5. The normalized spacial score (nSPS) is 20.0. The second-order valence-corrected chi connectivity index (χ2v) is 10.4. The molecule has 0 saturated carbocycles. The Kier molecular flexibility index (Phi) is 6.08. The molecule has 31 heavy (non-hydrogen) atoms. The second kappa shape index (κ2) is 8.63. The van der Waals surface area contributed by atoms with Crippen molar-refractivity contribution in [2.75, 3.05) is 24.6 Å². The molecule has 0 unspecified atom stereocenters. The van der Waals surface area contributed by atoms with E-state index in [4.69, 9.17) is 4.74 Å². The zero-order valence-corrected chi connectivity index (χ0v) is 19.2. The quantitative estimate of drug-likeness (QED) is 0.707. The maximum Gasteiger partial charge on any atom is 0.243 e. The lowest BCUT2D eigenvalue weighted by Crippen LogP contribution is -2.46. The monoisotopic (exact) mass is 442 g/mol. The van der Waals surface area contributed by atoms with E-state index in [1.165, 1.54) is 9.87 Å². The van der Waals surface area contributed by atoms with Crippen LogP contribution in [-0.4, -0.2) is 44.4 Å². The Balaban J connectivity index is 1.45. The van der Waals surface area contributed by atoms with Crippen molar-refractivity contribution >= 4 is 21.6 Å². The number of piperidine rings is 1. The summed E-state index contributed by atoms with van der Waals surface area (Å²) in [5.74, 6) is 0.666. The lowest BCUT2D eigenvalue weighted by molar-refractivity contribution is -0.123. The molecule has 166 valence electrons. The smallest absolute Gasteiger partial charge is 0.243 e. The van der Waals surface area contributed by atoms with Gasteiger partial charge in [-0.25, -0.2) is 8.42 Å². The van der Waals surface area contributed by atoms with Crippen LogP contribution >= 0.6 is 0 Å². The number of para-hydroxylation sites is 1. The van der Waals surface area contributed by atoms with E-state index in [0.717, 1.165) is 17.7 Å². The van der Waals surface area contributed by atoms with Crippen LogP contribution in [-0.2, 0) is 21.2 Å². The van der Waals surface area contributed by atoms with E-state index in [-0.39, 0.29) is 22.8 Å². The number of hydrogen-bond donors (Lipinski definition) is 0. The summed E-state index contributed by atoms with van der Waals surface area (Å²) in [6.07, 6.45) is 1.95. The summed E-state index contributed by atoms with van der Waals surface area (Å²) in [5.41, 5.74) is 3.00. The van der Waals surface area contributed by atoms with Crippen LogP contribution in [0, 0.1) is 12.8 Å². The van der Waals surface area contributed by atoms with Gasteiger partial charge in [0.2, 0.25) is 15.9 Å². The molecular formula is C24H30N2O4S. The minimum Gasteiger partial charge on any atom is -0.494 e. The molecule has 1 saturated heterocycles. The molecule has 1 amide bonds.